The van der Waals surface area contributed by atoms with Crippen molar-refractivity contribution in [2.45, 2.75) is 25.4 Å². The number of nitrogens with zero attached hydrogens (tertiary/aromatic N) is 6. The Hall–Kier alpha value is -1.66. The zero-order valence-electron chi connectivity index (χ0n) is 14.7. The number of hydrogen-bond donors (Lipinski definition) is 0. The van der Waals surface area contributed by atoms with Gasteiger partial charge in [-0.15, -0.1) is 0 Å². The summed E-state index contributed by atoms with van der Waals surface area (Å²) in [6.07, 6.45) is 10.5. The van der Waals surface area contributed by atoms with Crippen molar-refractivity contribution in [3.63, 3.8) is 0 Å². The SMILES string of the molecule is CN(Cc1cnn(C)c1)C[C@@H]1CCCN(C)[C@H]1c1cncn1C. The Balaban J connectivity index is 1.70. The molecule has 1 aliphatic rings. The Morgan fingerprint density at radius 3 is 2.74 bits per heavy atom. The second-order valence-electron chi connectivity index (χ2n) is 6.98. The van der Waals surface area contributed by atoms with Crippen LogP contribution >= 0.6 is 0 Å². The van der Waals surface area contributed by atoms with Crippen molar-refractivity contribution in [3.05, 3.63) is 36.2 Å². The fourth-order valence-corrected chi connectivity index (χ4v) is 3.90. The average Bonchev–Trinajstić information content (AvgIpc) is 3.08. The zero-order chi connectivity index (χ0) is 16.4. The van der Waals surface area contributed by atoms with Crippen LogP contribution in [0.5, 0.6) is 0 Å². The van der Waals surface area contributed by atoms with Crippen LogP contribution in [0.15, 0.2) is 24.9 Å². The molecule has 0 amide bonds. The van der Waals surface area contributed by atoms with E-state index < -0.39 is 0 Å². The number of imidazole rings is 1. The third kappa shape index (κ3) is 3.64. The molecule has 23 heavy (non-hydrogen) atoms. The maximum absolute atomic E-state index is 4.33. The van der Waals surface area contributed by atoms with Crippen molar-refractivity contribution >= 4 is 0 Å². The van der Waals surface area contributed by atoms with Gasteiger partial charge in [0.15, 0.2) is 0 Å². The zero-order valence-corrected chi connectivity index (χ0v) is 14.7. The van der Waals surface area contributed by atoms with E-state index in [0.29, 0.717) is 12.0 Å². The predicted octanol–water partition coefficient (Wildman–Crippen LogP) is 1.67. The molecule has 0 bridgehead atoms. The number of aryl methyl sites for hydroxylation is 2. The molecular weight excluding hydrogens is 288 g/mol. The molecule has 2 aromatic rings. The summed E-state index contributed by atoms with van der Waals surface area (Å²) in [7, 11) is 8.52. The van der Waals surface area contributed by atoms with Crippen LogP contribution in [0.3, 0.4) is 0 Å². The van der Waals surface area contributed by atoms with Crippen LogP contribution in [0.2, 0.25) is 0 Å². The van der Waals surface area contributed by atoms with Gasteiger partial charge < -0.3 is 9.47 Å². The molecule has 1 saturated heterocycles. The second-order valence-corrected chi connectivity index (χ2v) is 6.98. The minimum atomic E-state index is 0.451. The van der Waals surface area contributed by atoms with E-state index in [1.807, 2.05) is 30.5 Å². The largest absolute Gasteiger partial charge is 0.336 e. The van der Waals surface area contributed by atoms with Gasteiger partial charge in [-0.25, -0.2) is 4.98 Å². The van der Waals surface area contributed by atoms with E-state index in [2.05, 4.69) is 51.8 Å². The van der Waals surface area contributed by atoms with E-state index in [-0.39, 0.29) is 0 Å². The van der Waals surface area contributed by atoms with Crippen molar-refractivity contribution in [2.75, 3.05) is 27.2 Å². The van der Waals surface area contributed by atoms with Gasteiger partial charge in [0.1, 0.15) is 0 Å². The third-order valence-electron chi connectivity index (χ3n) is 4.92. The first-order chi connectivity index (χ1) is 11.0. The summed E-state index contributed by atoms with van der Waals surface area (Å²) < 4.78 is 4.04. The standard InChI is InChI=1S/C17H28N6/c1-20(10-14-8-19-23(4)11-14)12-15-6-5-7-21(2)17(15)16-9-18-13-22(16)3/h8-9,11,13,15,17H,5-7,10,12H2,1-4H3/t15-,17+/m0/s1. The molecule has 3 heterocycles. The molecule has 2 aromatic heterocycles. The molecule has 0 aromatic carbocycles. The Morgan fingerprint density at radius 2 is 2.09 bits per heavy atom. The fourth-order valence-electron chi connectivity index (χ4n) is 3.90. The maximum atomic E-state index is 4.33. The molecule has 0 saturated carbocycles. The lowest BCUT2D eigenvalue weighted by Gasteiger charge is -2.40. The van der Waals surface area contributed by atoms with Crippen molar-refractivity contribution in [1.82, 2.24) is 29.1 Å². The summed E-state index contributed by atoms with van der Waals surface area (Å²) in [6, 6.07) is 0.451. The molecule has 1 fully saturated rings. The first-order valence-electron chi connectivity index (χ1n) is 8.37. The lowest BCUT2D eigenvalue weighted by atomic mass is 9.87. The molecule has 2 atom stereocenters. The van der Waals surface area contributed by atoms with Crippen molar-refractivity contribution < 1.29 is 0 Å². The maximum Gasteiger partial charge on any atom is 0.0946 e. The smallest absolute Gasteiger partial charge is 0.0946 e. The molecule has 0 unspecified atom stereocenters. The molecule has 0 N–H and O–H groups in total. The van der Waals surface area contributed by atoms with Crippen LogP contribution in [0.25, 0.3) is 0 Å². The number of hydrogen-bond acceptors (Lipinski definition) is 4. The van der Waals surface area contributed by atoms with Crippen LogP contribution in [0.4, 0.5) is 0 Å². The number of piperidine rings is 1. The Bertz CT molecular complexity index is 631. The highest BCUT2D eigenvalue weighted by atomic mass is 15.2. The summed E-state index contributed by atoms with van der Waals surface area (Å²) in [5, 5.41) is 4.27. The molecule has 3 rings (SSSR count). The highest BCUT2D eigenvalue weighted by molar-refractivity contribution is 5.09. The van der Waals surface area contributed by atoms with Gasteiger partial charge in [-0.3, -0.25) is 9.58 Å². The van der Waals surface area contributed by atoms with Gasteiger partial charge in [-0.1, -0.05) is 0 Å². The lowest BCUT2D eigenvalue weighted by Crippen LogP contribution is -2.41. The van der Waals surface area contributed by atoms with Gasteiger partial charge >= 0.3 is 0 Å². The minimum Gasteiger partial charge on any atom is -0.336 e. The molecule has 0 radical (unpaired) electrons. The van der Waals surface area contributed by atoms with Crippen LogP contribution in [-0.4, -0.2) is 56.3 Å². The van der Waals surface area contributed by atoms with Gasteiger partial charge in [0, 0.05) is 45.1 Å². The van der Waals surface area contributed by atoms with Gasteiger partial charge in [-0.2, -0.15) is 5.10 Å². The highest BCUT2D eigenvalue weighted by Gasteiger charge is 2.32. The molecule has 126 valence electrons. The minimum absolute atomic E-state index is 0.451. The van der Waals surface area contributed by atoms with Crippen LogP contribution in [0.1, 0.15) is 30.1 Å². The predicted molar refractivity (Wildman–Crippen MR) is 90.8 cm³/mol. The summed E-state index contributed by atoms with van der Waals surface area (Å²) in [5.74, 6) is 0.630. The highest BCUT2D eigenvalue weighted by Crippen LogP contribution is 2.35. The van der Waals surface area contributed by atoms with Crippen molar-refractivity contribution in [2.24, 2.45) is 20.0 Å². The lowest BCUT2D eigenvalue weighted by molar-refractivity contribution is 0.0880. The Labute approximate surface area is 138 Å². The Morgan fingerprint density at radius 1 is 1.26 bits per heavy atom. The molecule has 0 spiro atoms. The van der Waals surface area contributed by atoms with E-state index in [1.165, 1.54) is 30.6 Å². The summed E-state index contributed by atoms with van der Waals surface area (Å²) in [5.41, 5.74) is 2.60. The first-order valence-corrected chi connectivity index (χ1v) is 8.37. The monoisotopic (exact) mass is 316 g/mol. The third-order valence-corrected chi connectivity index (χ3v) is 4.92. The van der Waals surface area contributed by atoms with Crippen molar-refractivity contribution in [1.29, 1.82) is 0 Å². The Kier molecular flexibility index (Phi) is 4.82. The summed E-state index contributed by atoms with van der Waals surface area (Å²) in [6.45, 7) is 3.21. The van der Waals surface area contributed by atoms with Crippen molar-refractivity contribution in [3.8, 4) is 0 Å². The van der Waals surface area contributed by atoms with Gasteiger partial charge in [0.05, 0.1) is 24.3 Å². The molecule has 1 aliphatic heterocycles. The van der Waals surface area contributed by atoms with E-state index in [4.69, 9.17) is 0 Å². The number of rotatable bonds is 5. The van der Waals surface area contributed by atoms with Crippen LogP contribution in [-0.2, 0) is 20.6 Å². The fraction of sp³-hybridized carbons (Fsp3) is 0.647. The molecule has 6 heteroatoms. The van der Waals surface area contributed by atoms with Gasteiger partial charge in [0.25, 0.3) is 0 Å². The molecule has 0 aliphatic carbocycles. The van der Waals surface area contributed by atoms with E-state index >= 15 is 0 Å². The second kappa shape index (κ2) is 6.84. The first kappa shape index (κ1) is 16.2. The quantitative estimate of drug-likeness (QED) is 0.841. The number of likely N-dealkylation sites (tertiary alicyclic amines) is 1. The van der Waals surface area contributed by atoms with Crippen LogP contribution < -0.4 is 0 Å². The molecule has 6 nitrogen and oxygen atoms in total. The van der Waals surface area contributed by atoms with E-state index in [0.717, 1.165) is 13.1 Å². The average molecular weight is 316 g/mol. The number of aromatic nitrogens is 4. The van der Waals surface area contributed by atoms with Gasteiger partial charge in [0.2, 0.25) is 0 Å². The van der Waals surface area contributed by atoms with Gasteiger partial charge in [-0.05, 0) is 39.4 Å². The summed E-state index contributed by atoms with van der Waals surface area (Å²) in [4.78, 5) is 9.24. The van der Waals surface area contributed by atoms with Crippen LogP contribution in [0, 0.1) is 5.92 Å². The summed E-state index contributed by atoms with van der Waals surface area (Å²) >= 11 is 0. The van der Waals surface area contributed by atoms with E-state index in [1.54, 1.807) is 0 Å². The van der Waals surface area contributed by atoms with E-state index in [9.17, 15) is 0 Å². The normalized spacial score (nSPS) is 22.8. The topological polar surface area (TPSA) is 42.1 Å². The molecular formula is C17H28N6.